The van der Waals surface area contributed by atoms with E-state index in [1.165, 1.54) is 24.1 Å². The third-order valence-corrected chi connectivity index (χ3v) is 4.60. The number of amides is 1. The highest BCUT2D eigenvalue weighted by Gasteiger charge is 2.16. The predicted molar refractivity (Wildman–Crippen MR) is 93.3 cm³/mol. The fourth-order valence-electron chi connectivity index (χ4n) is 3.25. The zero-order valence-corrected chi connectivity index (χ0v) is 14.2. The number of hydrogen-bond donors (Lipinski definition) is 2. The van der Waals surface area contributed by atoms with Gasteiger partial charge in [-0.25, -0.2) is 0 Å². The van der Waals surface area contributed by atoms with Crippen molar-refractivity contribution in [1.29, 1.82) is 0 Å². The largest absolute Gasteiger partial charge is 0.497 e. The Kier molecular flexibility index (Phi) is 5.51. The lowest BCUT2D eigenvalue weighted by Gasteiger charge is -2.11. The first kappa shape index (κ1) is 16.6. The van der Waals surface area contributed by atoms with E-state index in [1.54, 1.807) is 7.11 Å². The number of aryl methyl sites for hydroxylation is 2. The smallest absolute Gasteiger partial charge is 0.220 e. The molecule has 24 heavy (non-hydrogen) atoms. The molecule has 0 fully saturated rings. The van der Waals surface area contributed by atoms with Crippen molar-refractivity contribution in [2.75, 3.05) is 13.7 Å². The van der Waals surface area contributed by atoms with E-state index in [-0.39, 0.29) is 5.91 Å². The molecule has 5 nitrogen and oxygen atoms in total. The van der Waals surface area contributed by atoms with E-state index >= 15 is 0 Å². The highest BCUT2D eigenvalue weighted by atomic mass is 16.5. The highest BCUT2D eigenvalue weighted by Crippen LogP contribution is 2.22. The molecule has 1 aliphatic rings. The molecule has 0 spiro atoms. The van der Waals surface area contributed by atoms with E-state index in [2.05, 4.69) is 15.5 Å². The number of hydrogen-bond acceptors (Lipinski definition) is 3. The quantitative estimate of drug-likeness (QED) is 0.821. The third-order valence-electron chi connectivity index (χ3n) is 4.60. The third kappa shape index (κ3) is 4.16. The number of aromatic amines is 1. The van der Waals surface area contributed by atoms with Crippen LogP contribution < -0.4 is 10.1 Å². The molecule has 0 saturated carbocycles. The number of benzene rings is 1. The van der Waals surface area contributed by atoms with Crippen LogP contribution in [0, 0.1) is 0 Å². The molecule has 0 radical (unpaired) electrons. The number of methoxy groups -OCH3 is 1. The van der Waals surface area contributed by atoms with Crippen molar-refractivity contribution in [2.45, 2.75) is 44.9 Å². The predicted octanol–water partition coefficient (Wildman–Crippen LogP) is 2.59. The molecule has 1 aromatic heterocycles. The summed E-state index contributed by atoms with van der Waals surface area (Å²) in [6.07, 6.45) is 6.73. The van der Waals surface area contributed by atoms with Crippen LogP contribution in [0.15, 0.2) is 24.3 Å². The first-order valence-corrected chi connectivity index (χ1v) is 8.71. The molecule has 1 aliphatic carbocycles. The van der Waals surface area contributed by atoms with E-state index in [1.807, 2.05) is 24.3 Å². The minimum atomic E-state index is 0.0854. The molecular formula is C19H25N3O2. The van der Waals surface area contributed by atoms with Gasteiger partial charge in [-0.3, -0.25) is 9.89 Å². The summed E-state index contributed by atoms with van der Waals surface area (Å²) in [4.78, 5) is 12.0. The van der Waals surface area contributed by atoms with Gasteiger partial charge in [-0.1, -0.05) is 12.1 Å². The first-order valence-electron chi connectivity index (χ1n) is 8.71. The average Bonchev–Trinajstić information content (AvgIpc) is 3.03. The van der Waals surface area contributed by atoms with Crippen LogP contribution in [0.3, 0.4) is 0 Å². The summed E-state index contributed by atoms with van der Waals surface area (Å²) < 4.78 is 5.20. The number of ether oxygens (including phenoxy) is 1. The molecule has 128 valence electrons. The Balaban J connectivity index is 1.42. The minimum Gasteiger partial charge on any atom is -0.497 e. The zero-order chi connectivity index (χ0) is 16.8. The number of carbonyl (C=O) groups excluding carboxylic acids is 1. The Morgan fingerprint density at radius 2 is 2.17 bits per heavy atom. The second-order valence-corrected chi connectivity index (χ2v) is 6.29. The van der Waals surface area contributed by atoms with Gasteiger partial charge >= 0.3 is 0 Å². The number of H-pyrrole nitrogens is 1. The van der Waals surface area contributed by atoms with Crippen molar-refractivity contribution < 1.29 is 9.53 Å². The van der Waals surface area contributed by atoms with E-state index in [0.717, 1.165) is 42.7 Å². The van der Waals surface area contributed by atoms with Crippen LogP contribution in [-0.4, -0.2) is 29.8 Å². The lowest BCUT2D eigenvalue weighted by molar-refractivity contribution is -0.121. The molecule has 0 aliphatic heterocycles. The van der Waals surface area contributed by atoms with Crippen molar-refractivity contribution in [2.24, 2.45) is 0 Å². The molecule has 0 atom stereocenters. The van der Waals surface area contributed by atoms with Crippen molar-refractivity contribution in [3.8, 4) is 5.75 Å². The van der Waals surface area contributed by atoms with E-state index in [9.17, 15) is 4.79 Å². The zero-order valence-electron chi connectivity index (χ0n) is 14.2. The van der Waals surface area contributed by atoms with Gasteiger partial charge in [0.1, 0.15) is 5.75 Å². The molecule has 0 unspecified atom stereocenters. The van der Waals surface area contributed by atoms with E-state index < -0.39 is 0 Å². The number of fused-ring (bicyclic) bond motifs is 1. The topological polar surface area (TPSA) is 67.0 Å². The minimum absolute atomic E-state index is 0.0854. The normalized spacial score (nSPS) is 13.4. The monoisotopic (exact) mass is 327 g/mol. The Bertz CT molecular complexity index is 694. The Morgan fingerprint density at radius 3 is 3.04 bits per heavy atom. The molecule has 2 N–H and O–H groups in total. The summed E-state index contributed by atoms with van der Waals surface area (Å²) in [7, 11) is 1.65. The number of nitrogens with one attached hydrogen (secondary N) is 2. The maximum atomic E-state index is 12.0. The molecule has 2 aromatic rings. The summed E-state index contributed by atoms with van der Waals surface area (Å²) in [5.41, 5.74) is 4.91. The highest BCUT2D eigenvalue weighted by molar-refractivity contribution is 5.76. The van der Waals surface area contributed by atoms with Crippen molar-refractivity contribution in [1.82, 2.24) is 15.5 Å². The molecule has 0 saturated heterocycles. The molecule has 5 heteroatoms. The average molecular weight is 327 g/mol. The van der Waals surface area contributed by atoms with Gasteiger partial charge in [0.15, 0.2) is 0 Å². The molecule has 1 amide bonds. The van der Waals surface area contributed by atoms with Crippen LogP contribution in [0.4, 0.5) is 0 Å². The standard InChI is InChI=1S/C19H25N3O2/c1-24-15-6-4-5-14(13-15)9-10-19(23)20-12-11-18-16-7-2-3-8-17(16)21-22-18/h4-6,13H,2-3,7-12H2,1H3,(H,20,23)(H,21,22). The van der Waals surface area contributed by atoms with Crippen molar-refractivity contribution in [3.05, 3.63) is 46.8 Å². The summed E-state index contributed by atoms with van der Waals surface area (Å²) in [5.74, 6) is 0.915. The lowest BCUT2D eigenvalue weighted by atomic mass is 9.95. The second-order valence-electron chi connectivity index (χ2n) is 6.29. The van der Waals surface area contributed by atoms with Gasteiger partial charge in [0.05, 0.1) is 12.8 Å². The van der Waals surface area contributed by atoms with Gasteiger partial charge in [0, 0.05) is 25.1 Å². The molecule has 0 bridgehead atoms. The Morgan fingerprint density at radius 1 is 1.29 bits per heavy atom. The van der Waals surface area contributed by atoms with Crippen LogP contribution in [0.25, 0.3) is 0 Å². The number of aromatic nitrogens is 2. The van der Waals surface area contributed by atoms with Crippen molar-refractivity contribution >= 4 is 5.91 Å². The van der Waals surface area contributed by atoms with Crippen LogP contribution in [0.2, 0.25) is 0 Å². The number of nitrogens with zero attached hydrogens (tertiary/aromatic N) is 1. The summed E-state index contributed by atoms with van der Waals surface area (Å²) >= 11 is 0. The number of carbonyl (C=O) groups is 1. The maximum Gasteiger partial charge on any atom is 0.220 e. The first-order chi connectivity index (χ1) is 11.8. The summed E-state index contributed by atoms with van der Waals surface area (Å²) in [5, 5.41) is 10.6. The molecule has 1 heterocycles. The van der Waals surface area contributed by atoms with Gasteiger partial charge < -0.3 is 10.1 Å². The van der Waals surface area contributed by atoms with Gasteiger partial charge in [0.25, 0.3) is 0 Å². The van der Waals surface area contributed by atoms with Gasteiger partial charge in [-0.05, 0) is 55.4 Å². The molecule has 1 aromatic carbocycles. The van der Waals surface area contributed by atoms with Crippen LogP contribution in [0.1, 0.15) is 41.8 Å². The van der Waals surface area contributed by atoms with Gasteiger partial charge in [-0.15, -0.1) is 0 Å². The Hall–Kier alpha value is -2.30. The fraction of sp³-hybridized carbons (Fsp3) is 0.474. The Labute approximate surface area is 142 Å². The van der Waals surface area contributed by atoms with Crippen LogP contribution in [0.5, 0.6) is 5.75 Å². The van der Waals surface area contributed by atoms with Crippen molar-refractivity contribution in [3.63, 3.8) is 0 Å². The lowest BCUT2D eigenvalue weighted by Crippen LogP contribution is -2.26. The van der Waals surface area contributed by atoms with E-state index in [0.29, 0.717) is 13.0 Å². The SMILES string of the molecule is COc1cccc(CCC(=O)NCCc2n[nH]c3c2CCCC3)c1. The van der Waals surface area contributed by atoms with Gasteiger partial charge in [-0.2, -0.15) is 5.10 Å². The van der Waals surface area contributed by atoms with Crippen LogP contribution in [-0.2, 0) is 30.5 Å². The fourth-order valence-corrected chi connectivity index (χ4v) is 3.25. The maximum absolute atomic E-state index is 12.0. The molecule has 3 rings (SSSR count). The van der Waals surface area contributed by atoms with Crippen LogP contribution >= 0.6 is 0 Å². The summed E-state index contributed by atoms with van der Waals surface area (Å²) in [6, 6.07) is 7.86. The summed E-state index contributed by atoms with van der Waals surface area (Å²) in [6.45, 7) is 0.647. The van der Waals surface area contributed by atoms with Gasteiger partial charge in [0.2, 0.25) is 5.91 Å². The second kappa shape index (κ2) is 7.99. The number of rotatable bonds is 7. The van der Waals surface area contributed by atoms with E-state index in [4.69, 9.17) is 4.74 Å². The molecular weight excluding hydrogens is 302 g/mol.